The van der Waals surface area contributed by atoms with Gasteiger partial charge in [0.05, 0.1) is 16.6 Å². The van der Waals surface area contributed by atoms with Crippen molar-refractivity contribution in [3.05, 3.63) is 28.2 Å². The molecule has 0 aliphatic rings. The van der Waals surface area contributed by atoms with Crippen molar-refractivity contribution in [1.82, 2.24) is 10.2 Å². The Morgan fingerprint density at radius 2 is 1.86 bits per heavy atom. The predicted molar refractivity (Wildman–Crippen MR) is 84.9 cm³/mol. The predicted octanol–water partition coefficient (Wildman–Crippen LogP) is 1.45. The molecule has 1 aromatic carbocycles. The van der Waals surface area contributed by atoms with Gasteiger partial charge in [0.2, 0.25) is 11.8 Å². The number of anilines is 1. The highest BCUT2D eigenvalue weighted by atomic mass is 35.5. The highest BCUT2D eigenvalue weighted by Crippen LogP contribution is 2.24. The van der Waals surface area contributed by atoms with E-state index >= 15 is 0 Å². The molecular weight excluding hydrogens is 331 g/mol. The van der Waals surface area contributed by atoms with Gasteiger partial charge in [-0.2, -0.15) is 0 Å². The van der Waals surface area contributed by atoms with Gasteiger partial charge in [0, 0.05) is 18.7 Å². The first kappa shape index (κ1) is 18.2. The number of likely N-dealkylation sites (N-methyl/N-ethyl adjacent to an activating group) is 1. The number of primary amides is 1. The lowest BCUT2D eigenvalue weighted by molar-refractivity contribution is -0.121. The molecule has 22 heavy (non-hydrogen) atoms. The van der Waals surface area contributed by atoms with Crippen LogP contribution in [-0.2, 0) is 9.59 Å². The Morgan fingerprint density at radius 1 is 1.18 bits per heavy atom. The number of hydrogen-bond acceptors (Lipinski definition) is 4. The van der Waals surface area contributed by atoms with Gasteiger partial charge >= 0.3 is 6.03 Å². The maximum Gasteiger partial charge on any atom is 0.318 e. The van der Waals surface area contributed by atoms with Crippen LogP contribution in [0.1, 0.15) is 6.42 Å². The summed E-state index contributed by atoms with van der Waals surface area (Å²) >= 11 is 11.6. The quantitative estimate of drug-likeness (QED) is 0.724. The molecule has 9 heteroatoms. The van der Waals surface area contributed by atoms with E-state index in [4.69, 9.17) is 28.9 Å². The van der Waals surface area contributed by atoms with Gasteiger partial charge in [-0.15, -0.1) is 0 Å². The second-order valence-electron chi connectivity index (χ2n) is 4.58. The molecule has 7 nitrogen and oxygen atoms in total. The summed E-state index contributed by atoms with van der Waals surface area (Å²) in [4.78, 5) is 35.2. The van der Waals surface area contributed by atoms with Crippen molar-refractivity contribution >= 4 is 46.7 Å². The average Bonchev–Trinajstić information content (AvgIpc) is 2.40. The Bertz CT molecular complexity index is 580. The Kier molecular flexibility index (Phi) is 7.10. The van der Waals surface area contributed by atoms with Gasteiger partial charge in [-0.25, -0.2) is 4.79 Å². The number of halogens is 2. The van der Waals surface area contributed by atoms with E-state index in [2.05, 4.69) is 5.32 Å². The molecule has 0 unspecified atom stereocenters. The zero-order chi connectivity index (χ0) is 16.7. The van der Waals surface area contributed by atoms with Crippen LogP contribution in [-0.4, -0.2) is 42.9 Å². The molecule has 0 aliphatic heterocycles. The number of nitrogens with two attached hydrogens (primary N) is 1. The van der Waals surface area contributed by atoms with Crippen molar-refractivity contribution in [3.63, 3.8) is 0 Å². The van der Waals surface area contributed by atoms with Crippen LogP contribution in [0.3, 0.4) is 0 Å². The van der Waals surface area contributed by atoms with Crippen molar-refractivity contribution in [2.75, 3.05) is 25.5 Å². The van der Waals surface area contributed by atoms with Crippen molar-refractivity contribution in [2.24, 2.45) is 5.73 Å². The van der Waals surface area contributed by atoms with Crippen molar-refractivity contribution in [1.29, 1.82) is 0 Å². The maximum absolute atomic E-state index is 11.8. The molecule has 4 amide bonds. The monoisotopic (exact) mass is 346 g/mol. The molecule has 0 aliphatic carbocycles. The molecule has 0 spiro atoms. The molecule has 0 aromatic heterocycles. The molecule has 120 valence electrons. The molecule has 4 N–H and O–H groups in total. The summed E-state index contributed by atoms with van der Waals surface area (Å²) in [5, 5.41) is 5.35. The van der Waals surface area contributed by atoms with E-state index in [0.29, 0.717) is 22.3 Å². The number of urea groups is 1. The van der Waals surface area contributed by atoms with Crippen molar-refractivity contribution in [2.45, 2.75) is 6.42 Å². The van der Waals surface area contributed by atoms with Crippen LogP contribution in [0.25, 0.3) is 0 Å². The maximum atomic E-state index is 11.8. The van der Waals surface area contributed by atoms with E-state index < -0.39 is 11.9 Å². The lowest BCUT2D eigenvalue weighted by Gasteiger charge is -2.15. The minimum absolute atomic E-state index is 0.0551. The molecule has 0 atom stereocenters. The number of amides is 4. The zero-order valence-corrected chi connectivity index (χ0v) is 13.4. The van der Waals surface area contributed by atoms with Gasteiger partial charge in [-0.05, 0) is 25.2 Å². The van der Waals surface area contributed by atoms with Gasteiger partial charge in [0.15, 0.2) is 0 Å². The highest BCUT2D eigenvalue weighted by Gasteiger charge is 2.10. The van der Waals surface area contributed by atoms with E-state index in [1.54, 1.807) is 30.1 Å². The summed E-state index contributed by atoms with van der Waals surface area (Å²) in [6, 6.07) is 3.86. The van der Waals surface area contributed by atoms with Crippen LogP contribution >= 0.6 is 23.2 Å². The van der Waals surface area contributed by atoms with Crippen LogP contribution in [0.15, 0.2) is 18.2 Å². The minimum atomic E-state index is -0.898. The van der Waals surface area contributed by atoms with Crippen molar-refractivity contribution < 1.29 is 14.4 Å². The normalized spacial score (nSPS) is 10.4. The van der Waals surface area contributed by atoms with E-state index in [-0.39, 0.29) is 18.9 Å². The lowest BCUT2D eigenvalue weighted by atomic mass is 10.3. The third-order valence-electron chi connectivity index (χ3n) is 2.60. The zero-order valence-electron chi connectivity index (χ0n) is 11.9. The van der Waals surface area contributed by atoms with Gasteiger partial charge < -0.3 is 11.1 Å². The third-order valence-corrected chi connectivity index (χ3v) is 3.34. The molecule has 0 saturated heterocycles. The fourth-order valence-electron chi connectivity index (χ4n) is 1.59. The lowest BCUT2D eigenvalue weighted by Crippen LogP contribution is -2.38. The fourth-order valence-corrected chi connectivity index (χ4v) is 1.89. The first-order valence-corrected chi connectivity index (χ1v) is 7.06. The smallest absolute Gasteiger partial charge is 0.318 e. The number of rotatable bonds is 6. The van der Waals surface area contributed by atoms with Crippen LogP contribution in [0.2, 0.25) is 10.0 Å². The molecular formula is C13H16Cl2N4O3. The van der Waals surface area contributed by atoms with E-state index in [1.807, 2.05) is 5.32 Å². The molecule has 0 heterocycles. The summed E-state index contributed by atoms with van der Waals surface area (Å²) in [7, 11) is 1.67. The number of imide groups is 1. The fraction of sp³-hybridized carbons (Fsp3) is 0.308. The van der Waals surface area contributed by atoms with Gasteiger partial charge in [-0.1, -0.05) is 23.2 Å². The molecule has 0 fully saturated rings. The number of hydrogen-bond donors (Lipinski definition) is 3. The number of carbonyl (C=O) groups excluding carboxylic acids is 3. The largest absolute Gasteiger partial charge is 0.351 e. The second kappa shape index (κ2) is 8.57. The Morgan fingerprint density at radius 3 is 2.45 bits per heavy atom. The van der Waals surface area contributed by atoms with Gasteiger partial charge in [-0.3, -0.25) is 19.8 Å². The number of carbonyl (C=O) groups is 3. The Balaban J connectivity index is 2.39. The summed E-state index contributed by atoms with van der Waals surface area (Å²) in [5.41, 5.74) is 5.35. The first-order valence-electron chi connectivity index (χ1n) is 6.30. The first-order chi connectivity index (χ1) is 10.3. The summed E-state index contributed by atoms with van der Waals surface area (Å²) in [6.45, 7) is 0.373. The van der Waals surface area contributed by atoms with Crippen LogP contribution in [0, 0.1) is 0 Å². The number of nitrogens with one attached hydrogen (secondary N) is 2. The highest BCUT2D eigenvalue weighted by molar-refractivity contribution is 6.42. The van der Waals surface area contributed by atoms with E-state index in [1.165, 1.54) is 0 Å². The molecule has 1 aromatic rings. The van der Waals surface area contributed by atoms with Crippen LogP contribution in [0.4, 0.5) is 10.5 Å². The number of nitrogens with zero attached hydrogens (tertiary/aromatic N) is 1. The SMILES string of the molecule is CN(CCC(=O)NC(N)=O)CC(=O)Nc1ccc(Cl)c(Cl)c1. The van der Waals surface area contributed by atoms with E-state index in [0.717, 1.165) is 0 Å². The molecule has 0 bridgehead atoms. The number of benzene rings is 1. The van der Waals surface area contributed by atoms with Crippen molar-refractivity contribution in [3.8, 4) is 0 Å². The van der Waals surface area contributed by atoms with Gasteiger partial charge in [0.1, 0.15) is 0 Å². The average molecular weight is 347 g/mol. The topological polar surface area (TPSA) is 105 Å². The van der Waals surface area contributed by atoms with Crippen LogP contribution < -0.4 is 16.4 Å². The standard InChI is InChI=1S/C13H16Cl2N4O3/c1-19(5-4-11(20)18-13(16)22)7-12(21)17-8-2-3-9(14)10(15)6-8/h2-3,6H,4-5,7H2,1H3,(H,17,21)(H3,16,18,20,22). The van der Waals surface area contributed by atoms with Crippen LogP contribution in [0.5, 0.6) is 0 Å². The second-order valence-corrected chi connectivity index (χ2v) is 5.39. The Hall–Kier alpha value is -1.83. The Labute approximate surface area is 137 Å². The van der Waals surface area contributed by atoms with Gasteiger partial charge in [0.25, 0.3) is 0 Å². The molecule has 0 radical (unpaired) electrons. The molecule has 1 rings (SSSR count). The summed E-state index contributed by atoms with van der Waals surface area (Å²) < 4.78 is 0. The third kappa shape index (κ3) is 6.75. The summed E-state index contributed by atoms with van der Waals surface area (Å²) in [6.07, 6.45) is 0.0551. The minimum Gasteiger partial charge on any atom is -0.351 e. The molecule has 0 saturated carbocycles. The van der Waals surface area contributed by atoms with E-state index in [9.17, 15) is 14.4 Å². The summed E-state index contributed by atoms with van der Waals surface area (Å²) in [5.74, 6) is -0.763.